The van der Waals surface area contributed by atoms with E-state index in [0.717, 1.165) is 0 Å². The van der Waals surface area contributed by atoms with Gasteiger partial charge >= 0.3 is 5.97 Å². The molecule has 1 rings (SSSR count). The highest BCUT2D eigenvalue weighted by atomic mass is 16.5. The summed E-state index contributed by atoms with van der Waals surface area (Å²) in [5.41, 5.74) is -0.611. The van der Waals surface area contributed by atoms with Crippen LogP contribution in [0.3, 0.4) is 0 Å². The molecule has 0 heterocycles. The number of amides is 1. The molecule has 0 aromatic rings. The van der Waals surface area contributed by atoms with E-state index in [1.54, 1.807) is 20.8 Å². The minimum Gasteiger partial charge on any atom is -0.467 e. The van der Waals surface area contributed by atoms with Gasteiger partial charge in [-0.05, 0) is 18.8 Å². The molecule has 1 saturated carbocycles. The van der Waals surface area contributed by atoms with Crippen molar-refractivity contribution in [2.45, 2.75) is 51.9 Å². The standard InChI is InChI=1S/C15H27NO6/c1-8(2)10(14(21)22-4)16-13(20)11(18)9(3)12(19)15(7-17)5-6-15/h8-12,17-19H,5-7H2,1-4H3,(H,16,20)/t9-,10?,11-,12+/m1/s1. The van der Waals surface area contributed by atoms with Crippen molar-refractivity contribution < 1.29 is 29.6 Å². The number of nitrogens with one attached hydrogen (secondary N) is 1. The van der Waals surface area contributed by atoms with E-state index in [9.17, 15) is 24.9 Å². The normalized spacial score (nSPS) is 21.6. The first-order chi connectivity index (χ1) is 10.2. The topological polar surface area (TPSA) is 116 Å². The molecule has 4 N–H and O–H groups in total. The van der Waals surface area contributed by atoms with Crippen LogP contribution in [0.25, 0.3) is 0 Å². The van der Waals surface area contributed by atoms with Crippen LogP contribution in [-0.2, 0) is 14.3 Å². The molecule has 1 aliphatic rings. The molecule has 0 radical (unpaired) electrons. The quantitative estimate of drug-likeness (QED) is 0.446. The van der Waals surface area contributed by atoms with Gasteiger partial charge in [-0.2, -0.15) is 0 Å². The molecular weight excluding hydrogens is 290 g/mol. The monoisotopic (exact) mass is 317 g/mol. The summed E-state index contributed by atoms with van der Waals surface area (Å²) < 4.78 is 4.63. The molecule has 7 nitrogen and oxygen atoms in total. The summed E-state index contributed by atoms with van der Waals surface area (Å²) in [6.07, 6.45) is -1.11. The number of carbonyl (C=O) groups excluding carboxylic acids is 2. The van der Waals surface area contributed by atoms with Crippen LogP contribution in [0.2, 0.25) is 0 Å². The molecule has 0 aromatic carbocycles. The van der Waals surface area contributed by atoms with E-state index in [1.807, 2.05) is 0 Å². The third kappa shape index (κ3) is 3.97. The van der Waals surface area contributed by atoms with E-state index in [2.05, 4.69) is 10.1 Å². The molecule has 0 aliphatic heterocycles. The summed E-state index contributed by atoms with van der Waals surface area (Å²) >= 11 is 0. The molecule has 1 unspecified atom stereocenters. The first kappa shape index (κ1) is 18.9. The van der Waals surface area contributed by atoms with E-state index in [-0.39, 0.29) is 12.5 Å². The zero-order valence-electron chi connectivity index (χ0n) is 13.6. The Morgan fingerprint density at radius 3 is 2.14 bits per heavy atom. The van der Waals surface area contributed by atoms with Crippen LogP contribution in [-0.4, -0.2) is 59.2 Å². The van der Waals surface area contributed by atoms with E-state index in [0.29, 0.717) is 12.8 Å². The summed E-state index contributed by atoms with van der Waals surface area (Å²) in [5, 5.41) is 32.1. The number of methoxy groups -OCH3 is 1. The number of hydrogen-bond donors (Lipinski definition) is 4. The van der Waals surface area contributed by atoms with Crippen molar-refractivity contribution in [2.24, 2.45) is 17.3 Å². The number of hydrogen-bond acceptors (Lipinski definition) is 6. The van der Waals surface area contributed by atoms with Gasteiger partial charge in [-0.1, -0.05) is 20.8 Å². The third-order valence-electron chi connectivity index (χ3n) is 4.52. The number of carbonyl (C=O) groups is 2. The van der Waals surface area contributed by atoms with Gasteiger partial charge in [0.15, 0.2) is 0 Å². The highest BCUT2D eigenvalue weighted by Crippen LogP contribution is 2.50. The lowest BCUT2D eigenvalue weighted by atomic mass is 9.86. The van der Waals surface area contributed by atoms with Crippen LogP contribution in [0, 0.1) is 17.3 Å². The number of ether oxygens (including phenoxy) is 1. The van der Waals surface area contributed by atoms with Crippen LogP contribution in [0.5, 0.6) is 0 Å². The Morgan fingerprint density at radius 1 is 1.23 bits per heavy atom. The van der Waals surface area contributed by atoms with Gasteiger partial charge in [0.25, 0.3) is 0 Å². The molecule has 0 bridgehead atoms. The lowest BCUT2D eigenvalue weighted by Crippen LogP contribution is -2.52. The lowest BCUT2D eigenvalue weighted by Gasteiger charge is -2.30. The largest absolute Gasteiger partial charge is 0.467 e. The number of aliphatic hydroxyl groups is 3. The number of esters is 1. The van der Waals surface area contributed by atoms with Gasteiger partial charge in [0.05, 0.1) is 19.8 Å². The minimum atomic E-state index is -1.47. The van der Waals surface area contributed by atoms with E-state index < -0.39 is 41.5 Å². The van der Waals surface area contributed by atoms with Crippen LogP contribution in [0.1, 0.15) is 33.6 Å². The van der Waals surface area contributed by atoms with Gasteiger partial charge in [0.1, 0.15) is 12.1 Å². The van der Waals surface area contributed by atoms with E-state index >= 15 is 0 Å². The van der Waals surface area contributed by atoms with Gasteiger partial charge in [-0.3, -0.25) is 4.79 Å². The summed E-state index contributed by atoms with van der Waals surface area (Å²) in [6.45, 7) is 4.87. The van der Waals surface area contributed by atoms with Crippen molar-refractivity contribution in [3.63, 3.8) is 0 Å². The van der Waals surface area contributed by atoms with E-state index in [1.165, 1.54) is 7.11 Å². The minimum absolute atomic E-state index is 0.177. The maximum atomic E-state index is 12.1. The number of aliphatic hydroxyl groups excluding tert-OH is 3. The lowest BCUT2D eigenvalue weighted by molar-refractivity contribution is -0.149. The van der Waals surface area contributed by atoms with Crippen molar-refractivity contribution in [1.82, 2.24) is 5.32 Å². The first-order valence-electron chi connectivity index (χ1n) is 7.55. The smallest absolute Gasteiger partial charge is 0.328 e. The summed E-state index contributed by atoms with van der Waals surface area (Å²) in [6, 6.07) is -0.857. The highest BCUT2D eigenvalue weighted by molar-refractivity contribution is 5.87. The Bertz CT molecular complexity index is 407. The summed E-state index contributed by atoms with van der Waals surface area (Å²) in [4.78, 5) is 23.7. The van der Waals surface area contributed by atoms with Gasteiger partial charge in [-0.15, -0.1) is 0 Å². The van der Waals surface area contributed by atoms with Gasteiger partial charge in [0.2, 0.25) is 5.91 Å². The van der Waals surface area contributed by atoms with Crippen molar-refractivity contribution >= 4 is 11.9 Å². The Morgan fingerprint density at radius 2 is 1.77 bits per heavy atom. The van der Waals surface area contributed by atoms with Crippen molar-refractivity contribution in [3.05, 3.63) is 0 Å². The first-order valence-corrected chi connectivity index (χ1v) is 7.55. The van der Waals surface area contributed by atoms with Crippen LogP contribution in [0.15, 0.2) is 0 Å². The summed E-state index contributed by atoms with van der Waals surface area (Å²) in [7, 11) is 1.23. The Labute approximate surface area is 130 Å². The second-order valence-corrected chi connectivity index (χ2v) is 6.52. The fourth-order valence-electron chi connectivity index (χ4n) is 2.54. The SMILES string of the molecule is COC(=O)C(NC(=O)[C@H](O)[C@@H](C)[C@H](O)C1(CO)CC1)C(C)C. The molecule has 22 heavy (non-hydrogen) atoms. The molecule has 0 spiro atoms. The van der Waals surface area contributed by atoms with Crippen LogP contribution < -0.4 is 5.32 Å². The molecule has 7 heteroatoms. The van der Waals surface area contributed by atoms with Gasteiger partial charge in [0, 0.05) is 11.3 Å². The fourth-order valence-corrected chi connectivity index (χ4v) is 2.54. The van der Waals surface area contributed by atoms with Crippen molar-refractivity contribution in [2.75, 3.05) is 13.7 Å². The molecule has 1 aliphatic carbocycles. The van der Waals surface area contributed by atoms with Gasteiger partial charge < -0.3 is 25.4 Å². The molecule has 0 saturated heterocycles. The Kier molecular flexibility index (Phi) is 6.34. The molecule has 4 atom stereocenters. The van der Waals surface area contributed by atoms with Gasteiger partial charge in [-0.25, -0.2) is 4.79 Å². The molecule has 0 aromatic heterocycles. The van der Waals surface area contributed by atoms with Crippen molar-refractivity contribution in [3.8, 4) is 0 Å². The predicted molar refractivity (Wildman–Crippen MR) is 78.7 cm³/mol. The Hall–Kier alpha value is -1.18. The molecular formula is C15H27NO6. The maximum Gasteiger partial charge on any atom is 0.328 e. The third-order valence-corrected chi connectivity index (χ3v) is 4.52. The second-order valence-electron chi connectivity index (χ2n) is 6.52. The molecule has 1 fully saturated rings. The average molecular weight is 317 g/mol. The number of rotatable bonds is 8. The Balaban J connectivity index is 2.69. The molecule has 1 amide bonds. The van der Waals surface area contributed by atoms with Crippen molar-refractivity contribution in [1.29, 1.82) is 0 Å². The second kappa shape index (κ2) is 7.39. The average Bonchev–Trinajstić information content (AvgIpc) is 3.30. The van der Waals surface area contributed by atoms with Crippen LogP contribution in [0.4, 0.5) is 0 Å². The maximum absolute atomic E-state index is 12.1. The fraction of sp³-hybridized carbons (Fsp3) is 0.867. The molecule has 128 valence electrons. The zero-order valence-corrected chi connectivity index (χ0v) is 13.6. The van der Waals surface area contributed by atoms with Crippen LogP contribution >= 0.6 is 0 Å². The summed E-state index contributed by atoms with van der Waals surface area (Å²) in [5.74, 6) is -2.27. The zero-order chi connectivity index (χ0) is 17.1. The highest BCUT2D eigenvalue weighted by Gasteiger charge is 2.52. The predicted octanol–water partition coefficient (Wildman–Crippen LogP) is -0.569. The van der Waals surface area contributed by atoms with E-state index in [4.69, 9.17) is 0 Å².